The number of benzene rings is 2. The number of hydrogen-bond acceptors (Lipinski definition) is 2. The lowest BCUT2D eigenvalue weighted by Crippen LogP contribution is -2.29. The molecule has 2 nitrogen and oxygen atoms in total. The lowest BCUT2D eigenvalue weighted by atomic mass is 9.97. The Morgan fingerprint density at radius 1 is 1.10 bits per heavy atom. The summed E-state index contributed by atoms with van der Waals surface area (Å²) < 4.78 is 0. The van der Waals surface area contributed by atoms with Gasteiger partial charge in [0.2, 0.25) is 0 Å². The van der Waals surface area contributed by atoms with E-state index in [0.717, 1.165) is 29.0 Å². The van der Waals surface area contributed by atoms with Crippen molar-refractivity contribution in [1.29, 1.82) is 0 Å². The number of hydrogen-bond donors (Lipinski definition) is 2. The maximum Gasteiger partial charge on any atom is 0.0500 e. The van der Waals surface area contributed by atoms with Crippen molar-refractivity contribution < 1.29 is 0 Å². The molecule has 0 radical (unpaired) electrons. The van der Waals surface area contributed by atoms with Gasteiger partial charge in [-0.15, -0.1) is 0 Å². The minimum absolute atomic E-state index is 0.0693. The first-order valence-corrected chi connectivity index (χ1v) is 7.31. The molecular formula is C17H21ClN2. The summed E-state index contributed by atoms with van der Waals surface area (Å²) in [6.45, 7) is 4.20. The third-order valence-electron chi connectivity index (χ3n) is 3.54. The molecular weight excluding hydrogens is 268 g/mol. The Bertz CT molecular complexity index is 543. The summed E-state index contributed by atoms with van der Waals surface area (Å²) in [6.07, 6.45) is 1.91. The number of aryl methyl sites for hydroxylation is 2. The van der Waals surface area contributed by atoms with Crippen LogP contribution in [-0.2, 0) is 12.8 Å². The molecule has 0 bridgehead atoms. The van der Waals surface area contributed by atoms with Gasteiger partial charge in [-0.1, -0.05) is 48.9 Å². The molecule has 0 fully saturated rings. The highest BCUT2D eigenvalue weighted by atomic mass is 35.5. The van der Waals surface area contributed by atoms with Crippen molar-refractivity contribution in [1.82, 2.24) is 5.43 Å². The molecule has 2 aromatic rings. The Kier molecular flexibility index (Phi) is 5.18. The van der Waals surface area contributed by atoms with Crippen molar-refractivity contribution in [2.45, 2.75) is 32.7 Å². The van der Waals surface area contributed by atoms with Gasteiger partial charge < -0.3 is 0 Å². The normalized spacial score (nSPS) is 12.4. The van der Waals surface area contributed by atoms with Gasteiger partial charge in [-0.2, -0.15) is 0 Å². The molecule has 106 valence electrons. The van der Waals surface area contributed by atoms with Crippen molar-refractivity contribution in [3.05, 3.63) is 69.7 Å². The van der Waals surface area contributed by atoms with Crippen LogP contribution in [0.3, 0.4) is 0 Å². The number of rotatable bonds is 5. The molecule has 2 rings (SSSR count). The summed E-state index contributed by atoms with van der Waals surface area (Å²) in [5.74, 6) is 5.72. The molecule has 0 aliphatic carbocycles. The zero-order chi connectivity index (χ0) is 14.5. The van der Waals surface area contributed by atoms with E-state index in [1.807, 2.05) is 19.1 Å². The van der Waals surface area contributed by atoms with E-state index in [1.165, 1.54) is 11.1 Å². The van der Waals surface area contributed by atoms with Gasteiger partial charge in [-0.05, 0) is 54.2 Å². The maximum absolute atomic E-state index is 6.13. The number of halogens is 1. The number of hydrazine groups is 1. The summed E-state index contributed by atoms with van der Waals surface area (Å²) in [7, 11) is 0. The summed E-state index contributed by atoms with van der Waals surface area (Å²) in [5, 5.41) is 0.751. The smallest absolute Gasteiger partial charge is 0.0500 e. The molecule has 0 amide bonds. The number of nitrogens with two attached hydrogens (primary N) is 1. The van der Waals surface area contributed by atoms with Crippen LogP contribution in [0.2, 0.25) is 5.02 Å². The van der Waals surface area contributed by atoms with E-state index in [1.54, 1.807) is 0 Å². The monoisotopic (exact) mass is 288 g/mol. The van der Waals surface area contributed by atoms with E-state index in [2.05, 4.69) is 42.7 Å². The van der Waals surface area contributed by atoms with Crippen molar-refractivity contribution in [2.24, 2.45) is 5.84 Å². The minimum Gasteiger partial charge on any atom is -0.271 e. The van der Waals surface area contributed by atoms with Crippen LogP contribution in [0.4, 0.5) is 0 Å². The second kappa shape index (κ2) is 6.89. The molecule has 0 heterocycles. The minimum atomic E-state index is 0.0693. The molecule has 0 saturated carbocycles. The summed E-state index contributed by atoms with van der Waals surface area (Å²) >= 11 is 6.13. The van der Waals surface area contributed by atoms with E-state index >= 15 is 0 Å². The van der Waals surface area contributed by atoms with Gasteiger partial charge in [0.25, 0.3) is 0 Å². The second-order valence-corrected chi connectivity index (χ2v) is 5.59. The molecule has 0 aliphatic heterocycles. The summed E-state index contributed by atoms with van der Waals surface area (Å²) in [4.78, 5) is 0. The van der Waals surface area contributed by atoms with E-state index in [9.17, 15) is 0 Å². The van der Waals surface area contributed by atoms with Crippen molar-refractivity contribution >= 4 is 11.6 Å². The molecule has 1 atom stereocenters. The SMILES string of the molecule is CCc1ccc(CC(NN)c2cc(C)cc(Cl)c2)cc1. The van der Waals surface area contributed by atoms with Crippen LogP contribution in [-0.4, -0.2) is 0 Å². The first-order chi connectivity index (χ1) is 9.62. The van der Waals surface area contributed by atoms with Crippen LogP contribution in [0.25, 0.3) is 0 Å². The zero-order valence-electron chi connectivity index (χ0n) is 12.0. The number of nitrogens with one attached hydrogen (secondary N) is 1. The van der Waals surface area contributed by atoms with Crippen LogP contribution in [0, 0.1) is 6.92 Å². The lowest BCUT2D eigenvalue weighted by Gasteiger charge is -2.17. The highest BCUT2D eigenvalue weighted by Crippen LogP contribution is 2.23. The molecule has 20 heavy (non-hydrogen) atoms. The Labute approximate surface area is 125 Å². The standard InChI is InChI=1S/C17H21ClN2/c1-3-13-4-6-14(7-5-13)10-17(20-19)15-8-12(2)9-16(18)11-15/h4-9,11,17,20H,3,10,19H2,1-2H3. The fraction of sp³-hybridized carbons (Fsp3) is 0.294. The van der Waals surface area contributed by atoms with Gasteiger partial charge in [-0.25, -0.2) is 0 Å². The van der Waals surface area contributed by atoms with Gasteiger partial charge in [-0.3, -0.25) is 11.3 Å². The van der Waals surface area contributed by atoms with Crippen molar-refractivity contribution in [2.75, 3.05) is 0 Å². The third-order valence-corrected chi connectivity index (χ3v) is 3.76. The molecule has 2 aromatic carbocycles. The molecule has 3 heteroatoms. The third kappa shape index (κ3) is 3.83. The van der Waals surface area contributed by atoms with Crippen LogP contribution in [0.15, 0.2) is 42.5 Å². The van der Waals surface area contributed by atoms with Crippen molar-refractivity contribution in [3.63, 3.8) is 0 Å². The zero-order valence-corrected chi connectivity index (χ0v) is 12.7. The second-order valence-electron chi connectivity index (χ2n) is 5.16. The summed E-state index contributed by atoms with van der Waals surface area (Å²) in [6, 6.07) is 14.8. The van der Waals surface area contributed by atoms with Gasteiger partial charge >= 0.3 is 0 Å². The van der Waals surface area contributed by atoms with E-state index in [-0.39, 0.29) is 6.04 Å². The largest absolute Gasteiger partial charge is 0.271 e. The highest BCUT2D eigenvalue weighted by Gasteiger charge is 2.11. The maximum atomic E-state index is 6.13. The lowest BCUT2D eigenvalue weighted by molar-refractivity contribution is 0.551. The van der Waals surface area contributed by atoms with Crippen LogP contribution >= 0.6 is 11.6 Å². The molecule has 0 saturated heterocycles. The Morgan fingerprint density at radius 3 is 2.30 bits per heavy atom. The average Bonchev–Trinajstić information content (AvgIpc) is 2.44. The predicted molar refractivity (Wildman–Crippen MR) is 85.8 cm³/mol. The highest BCUT2D eigenvalue weighted by molar-refractivity contribution is 6.30. The molecule has 0 aromatic heterocycles. The van der Waals surface area contributed by atoms with Crippen LogP contribution in [0.1, 0.15) is 35.2 Å². The molecule has 1 unspecified atom stereocenters. The van der Waals surface area contributed by atoms with Gasteiger partial charge in [0.05, 0.1) is 6.04 Å². The van der Waals surface area contributed by atoms with Crippen LogP contribution < -0.4 is 11.3 Å². The molecule has 0 aliphatic rings. The first-order valence-electron chi connectivity index (χ1n) is 6.93. The predicted octanol–water partition coefficient (Wildman–Crippen LogP) is 3.96. The topological polar surface area (TPSA) is 38.0 Å². The molecule has 3 N–H and O–H groups in total. The van der Waals surface area contributed by atoms with Crippen molar-refractivity contribution in [3.8, 4) is 0 Å². The van der Waals surface area contributed by atoms with Gasteiger partial charge in [0.1, 0.15) is 0 Å². The fourth-order valence-corrected chi connectivity index (χ4v) is 2.68. The first kappa shape index (κ1) is 15.0. The van der Waals surface area contributed by atoms with E-state index in [0.29, 0.717) is 0 Å². The summed E-state index contributed by atoms with van der Waals surface area (Å²) in [5.41, 5.74) is 7.78. The average molecular weight is 289 g/mol. The van der Waals surface area contributed by atoms with Gasteiger partial charge in [0, 0.05) is 5.02 Å². The Morgan fingerprint density at radius 2 is 1.75 bits per heavy atom. The quantitative estimate of drug-likeness (QED) is 0.646. The Hall–Kier alpha value is -1.35. The fourth-order valence-electron chi connectivity index (χ4n) is 2.39. The Balaban J connectivity index is 2.19. The van der Waals surface area contributed by atoms with Crippen LogP contribution in [0.5, 0.6) is 0 Å². The van der Waals surface area contributed by atoms with Gasteiger partial charge in [0.15, 0.2) is 0 Å². The van der Waals surface area contributed by atoms with E-state index < -0.39 is 0 Å². The van der Waals surface area contributed by atoms with E-state index in [4.69, 9.17) is 17.4 Å². The molecule has 0 spiro atoms.